The van der Waals surface area contributed by atoms with Crippen LogP contribution in [0.1, 0.15) is 22.3 Å². The smallest absolute Gasteiger partial charge is 0.128 e. The van der Waals surface area contributed by atoms with E-state index >= 15 is 0 Å². The lowest BCUT2D eigenvalue weighted by atomic mass is 10.0. The van der Waals surface area contributed by atoms with Crippen LogP contribution in [0.5, 0.6) is 17.2 Å². The lowest BCUT2D eigenvalue weighted by molar-refractivity contribution is 0.475. The monoisotopic (exact) mass is 784 g/mol. The molecule has 1 N–H and O–H groups in total. The first-order valence-electron chi connectivity index (χ1n) is 17.9. The first-order valence-corrected chi connectivity index (χ1v) is 18.6. The number of halogens is 1. The summed E-state index contributed by atoms with van der Waals surface area (Å²) in [6.45, 7) is 8.26. The summed E-state index contributed by atoms with van der Waals surface area (Å²) in [6.07, 6.45) is 7.18. The van der Waals surface area contributed by atoms with Gasteiger partial charge in [0.1, 0.15) is 17.2 Å². The van der Waals surface area contributed by atoms with Gasteiger partial charge in [-0.05, 0) is 147 Å². The van der Waals surface area contributed by atoms with Crippen molar-refractivity contribution in [3.63, 3.8) is 0 Å². The summed E-state index contributed by atoms with van der Waals surface area (Å²) < 4.78 is 7.24. The number of aromatic nitrogens is 4. The van der Waals surface area contributed by atoms with Crippen LogP contribution in [-0.4, -0.2) is 25.0 Å². The van der Waals surface area contributed by atoms with Crippen molar-refractivity contribution >= 4 is 15.9 Å². The molecule has 4 heterocycles. The van der Waals surface area contributed by atoms with Crippen molar-refractivity contribution < 1.29 is 9.84 Å². The molecule has 0 aliphatic carbocycles. The molecular formula is C48H41BrN4O2. The number of pyridine rings is 4. The molecule has 0 fully saturated rings. The van der Waals surface area contributed by atoms with E-state index in [4.69, 9.17) is 4.74 Å². The van der Waals surface area contributed by atoms with Gasteiger partial charge in [0.15, 0.2) is 0 Å². The summed E-state index contributed by atoms with van der Waals surface area (Å²) in [5, 5.41) is 9.37. The fourth-order valence-corrected chi connectivity index (χ4v) is 6.22. The normalized spacial score (nSPS) is 10.3. The number of nitrogens with zero attached hydrogens (tertiary/aromatic N) is 4. The van der Waals surface area contributed by atoms with Gasteiger partial charge in [0.05, 0.1) is 22.8 Å². The summed E-state index contributed by atoms with van der Waals surface area (Å²) in [6, 6.07) is 47.3. The van der Waals surface area contributed by atoms with Gasteiger partial charge >= 0.3 is 0 Å². The Labute approximate surface area is 331 Å². The maximum absolute atomic E-state index is 9.37. The van der Waals surface area contributed by atoms with E-state index < -0.39 is 0 Å². The Morgan fingerprint density at radius 1 is 0.400 bits per heavy atom. The van der Waals surface area contributed by atoms with Gasteiger partial charge < -0.3 is 9.84 Å². The number of aromatic hydroxyl groups is 1. The fourth-order valence-electron chi connectivity index (χ4n) is 5.86. The van der Waals surface area contributed by atoms with Crippen LogP contribution in [0.3, 0.4) is 0 Å². The zero-order valence-corrected chi connectivity index (χ0v) is 32.8. The first kappa shape index (κ1) is 38.3. The molecule has 7 heteroatoms. The summed E-state index contributed by atoms with van der Waals surface area (Å²) in [5.41, 5.74) is 12.8. The van der Waals surface area contributed by atoms with Crippen LogP contribution in [0, 0.1) is 27.7 Å². The van der Waals surface area contributed by atoms with Crippen LogP contribution in [0.15, 0.2) is 175 Å². The van der Waals surface area contributed by atoms with Crippen LogP contribution in [0.25, 0.3) is 45.0 Å². The van der Waals surface area contributed by atoms with Crippen molar-refractivity contribution in [2.75, 3.05) is 0 Å². The maximum atomic E-state index is 9.37. The molecule has 4 aromatic heterocycles. The first-order chi connectivity index (χ1) is 26.7. The highest BCUT2D eigenvalue weighted by Crippen LogP contribution is 2.32. The topological polar surface area (TPSA) is 81.0 Å². The lowest BCUT2D eigenvalue weighted by Crippen LogP contribution is -1.91. The third kappa shape index (κ3) is 10.4. The Bertz CT molecular complexity index is 2290. The minimum absolute atomic E-state index is 0.274. The SMILES string of the molecule is Cc1ccc(Br)cc1-c1ccccn1.Cc1ccc(O)cc1-c1ccccn1.Cc1ccc(Oc2ccc(C)c(-c3ccccn3)c2)cc1-c1ccccn1. The fraction of sp³-hybridized carbons (Fsp3) is 0.0833. The Hall–Kier alpha value is -6.44. The highest BCUT2D eigenvalue weighted by atomic mass is 79.9. The summed E-state index contributed by atoms with van der Waals surface area (Å²) in [7, 11) is 0. The van der Waals surface area contributed by atoms with Gasteiger partial charge in [0.2, 0.25) is 0 Å². The predicted molar refractivity (Wildman–Crippen MR) is 227 cm³/mol. The van der Waals surface area contributed by atoms with E-state index in [1.54, 1.807) is 30.7 Å². The summed E-state index contributed by atoms with van der Waals surface area (Å²) in [5.74, 6) is 1.85. The lowest BCUT2D eigenvalue weighted by Gasteiger charge is -2.12. The zero-order valence-electron chi connectivity index (χ0n) is 31.2. The van der Waals surface area contributed by atoms with Gasteiger partial charge in [-0.15, -0.1) is 0 Å². The number of aryl methyl sites for hydroxylation is 4. The molecule has 4 aromatic carbocycles. The van der Waals surface area contributed by atoms with Gasteiger partial charge in [-0.3, -0.25) is 19.9 Å². The van der Waals surface area contributed by atoms with Gasteiger partial charge in [-0.25, -0.2) is 0 Å². The van der Waals surface area contributed by atoms with Crippen LogP contribution in [0.2, 0.25) is 0 Å². The molecule has 0 saturated heterocycles. The standard InChI is InChI=1S/C24H20N2O.C12H10BrN.C12H11NO/c1-17-9-11-19(15-21(17)23-7-3-5-13-25-23)27-20-12-10-18(2)22(16-20)24-8-4-6-14-26-24;1-9-5-6-10(13)8-11(9)12-4-2-3-7-14-12;1-9-5-6-10(14)8-11(9)12-4-2-3-7-13-12/h3-16H,1-2H3;2-8H,1H3;2-8,14H,1H3. The molecule has 0 amide bonds. The molecule has 0 spiro atoms. The molecule has 272 valence electrons. The van der Waals surface area contributed by atoms with Crippen molar-refractivity contribution in [3.05, 3.63) is 197 Å². The molecule has 0 radical (unpaired) electrons. The third-order valence-electron chi connectivity index (χ3n) is 8.84. The average molecular weight is 786 g/mol. The quantitative estimate of drug-likeness (QED) is 0.181. The number of benzene rings is 4. The Morgan fingerprint density at radius 3 is 1.13 bits per heavy atom. The molecule has 0 saturated carbocycles. The summed E-state index contributed by atoms with van der Waals surface area (Å²) >= 11 is 3.47. The van der Waals surface area contributed by atoms with E-state index in [2.05, 4.69) is 80.9 Å². The van der Waals surface area contributed by atoms with Crippen molar-refractivity contribution in [2.45, 2.75) is 27.7 Å². The van der Waals surface area contributed by atoms with E-state index in [0.29, 0.717) is 0 Å². The second-order valence-electron chi connectivity index (χ2n) is 12.9. The van der Waals surface area contributed by atoms with Gasteiger partial charge in [-0.2, -0.15) is 0 Å². The number of phenolic OH excluding ortho intramolecular Hbond substituents is 1. The van der Waals surface area contributed by atoms with Crippen LogP contribution < -0.4 is 4.74 Å². The molecule has 6 nitrogen and oxygen atoms in total. The van der Waals surface area contributed by atoms with E-state index in [-0.39, 0.29) is 5.75 Å². The number of hydrogen-bond acceptors (Lipinski definition) is 6. The zero-order chi connectivity index (χ0) is 38.6. The highest BCUT2D eigenvalue weighted by molar-refractivity contribution is 9.10. The van der Waals surface area contributed by atoms with E-state index in [9.17, 15) is 5.11 Å². The van der Waals surface area contributed by atoms with E-state index in [1.807, 2.05) is 122 Å². The number of rotatable bonds is 6. The van der Waals surface area contributed by atoms with Crippen molar-refractivity contribution in [1.29, 1.82) is 0 Å². The Morgan fingerprint density at radius 2 is 0.745 bits per heavy atom. The maximum Gasteiger partial charge on any atom is 0.128 e. The molecule has 0 unspecified atom stereocenters. The molecule has 0 aliphatic rings. The van der Waals surface area contributed by atoms with Crippen LogP contribution >= 0.6 is 15.9 Å². The summed E-state index contributed by atoms with van der Waals surface area (Å²) in [4.78, 5) is 17.5. The van der Waals surface area contributed by atoms with Crippen LogP contribution in [-0.2, 0) is 0 Å². The van der Waals surface area contributed by atoms with Crippen molar-refractivity contribution in [2.24, 2.45) is 0 Å². The number of hydrogen-bond donors (Lipinski definition) is 1. The molecular weight excluding hydrogens is 744 g/mol. The largest absolute Gasteiger partial charge is 0.508 e. The molecule has 8 rings (SSSR count). The van der Waals surface area contributed by atoms with E-state index in [0.717, 1.165) is 61.0 Å². The Balaban J connectivity index is 0.000000155. The third-order valence-corrected chi connectivity index (χ3v) is 9.33. The van der Waals surface area contributed by atoms with Crippen LogP contribution in [0.4, 0.5) is 0 Å². The Kier molecular flexibility index (Phi) is 12.9. The second-order valence-corrected chi connectivity index (χ2v) is 13.8. The van der Waals surface area contributed by atoms with Gasteiger partial charge in [-0.1, -0.05) is 64.5 Å². The molecule has 0 bridgehead atoms. The van der Waals surface area contributed by atoms with Gasteiger partial charge in [0, 0.05) is 51.5 Å². The average Bonchev–Trinajstić information content (AvgIpc) is 3.23. The minimum atomic E-state index is 0.274. The van der Waals surface area contributed by atoms with Gasteiger partial charge in [0.25, 0.3) is 0 Å². The predicted octanol–water partition coefficient (Wildman–Crippen LogP) is 12.8. The molecule has 0 atom stereocenters. The van der Waals surface area contributed by atoms with Crippen molar-refractivity contribution in [1.82, 2.24) is 19.9 Å². The number of phenols is 1. The highest BCUT2D eigenvalue weighted by Gasteiger charge is 2.09. The second kappa shape index (κ2) is 18.5. The minimum Gasteiger partial charge on any atom is -0.508 e. The molecule has 8 aromatic rings. The van der Waals surface area contributed by atoms with E-state index in [1.165, 1.54) is 22.3 Å². The molecule has 0 aliphatic heterocycles. The molecule has 55 heavy (non-hydrogen) atoms. The van der Waals surface area contributed by atoms with Crippen molar-refractivity contribution in [3.8, 4) is 62.3 Å². The number of ether oxygens (including phenoxy) is 1.